The molecule has 0 bridgehead atoms. The van der Waals surface area contributed by atoms with Crippen LogP contribution in [0, 0.1) is 13.8 Å². The summed E-state index contributed by atoms with van der Waals surface area (Å²) in [4.78, 5) is 14.7. The van der Waals surface area contributed by atoms with E-state index < -0.39 is 6.10 Å². The molecule has 2 aromatic rings. The van der Waals surface area contributed by atoms with Crippen LogP contribution in [0.1, 0.15) is 18.1 Å². The van der Waals surface area contributed by atoms with Crippen molar-refractivity contribution in [1.29, 1.82) is 0 Å². The van der Waals surface area contributed by atoms with Gasteiger partial charge in [-0.05, 0) is 68.3 Å². The quantitative estimate of drug-likeness (QED) is 0.892. The number of aryl methyl sites for hydroxylation is 2. The van der Waals surface area contributed by atoms with Gasteiger partial charge in [0, 0.05) is 24.5 Å². The summed E-state index contributed by atoms with van der Waals surface area (Å²) in [5.74, 6) is 0.552. The second-order valence-electron chi connectivity index (χ2n) is 6.72. The molecule has 5 nitrogen and oxygen atoms in total. The Bertz CT molecular complexity index is 732. The highest BCUT2D eigenvalue weighted by Crippen LogP contribution is 2.20. The molecule has 5 heteroatoms. The van der Waals surface area contributed by atoms with Crippen molar-refractivity contribution in [3.8, 4) is 5.75 Å². The number of nitrogens with one attached hydrogen (secondary N) is 1. The van der Waals surface area contributed by atoms with Crippen molar-refractivity contribution >= 4 is 17.3 Å². The molecule has 1 aliphatic heterocycles. The zero-order valence-electron chi connectivity index (χ0n) is 15.6. The molecule has 26 heavy (non-hydrogen) atoms. The molecule has 3 rings (SSSR count). The normalized spacial score (nSPS) is 15.4. The number of benzene rings is 2. The molecule has 0 aromatic heterocycles. The van der Waals surface area contributed by atoms with Crippen LogP contribution in [0.2, 0.25) is 0 Å². The minimum absolute atomic E-state index is 0.164. The number of nitrogens with zero attached hydrogens (tertiary/aromatic N) is 1. The number of ether oxygens (including phenoxy) is 2. The molecule has 2 aromatic carbocycles. The molecule has 0 radical (unpaired) electrons. The van der Waals surface area contributed by atoms with Crippen LogP contribution in [0.5, 0.6) is 5.75 Å². The number of hydrogen-bond donors (Lipinski definition) is 1. The molecule has 1 saturated heterocycles. The van der Waals surface area contributed by atoms with Gasteiger partial charge in [0.25, 0.3) is 5.91 Å². The van der Waals surface area contributed by atoms with Crippen LogP contribution in [0.25, 0.3) is 0 Å². The van der Waals surface area contributed by atoms with Crippen molar-refractivity contribution in [2.24, 2.45) is 0 Å². The summed E-state index contributed by atoms with van der Waals surface area (Å²) in [5.41, 5.74) is 4.14. The largest absolute Gasteiger partial charge is 0.481 e. The number of carbonyl (C=O) groups is 1. The fraction of sp³-hybridized carbons (Fsp3) is 0.381. The number of morpholine rings is 1. The molecule has 0 unspecified atom stereocenters. The van der Waals surface area contributed by atoms with E-state index in [1.807, 2.05) is 50.2 Å². The van der Waals surface area contributed by atoms with Crippen LogP contribution >= 0.6 is 0 Å². The van der Waals surface area contributed by atoms with Crippen molar-refractivity contribution in [2.45, 2.75) is 26.9 Å². The highest BCUT2D eigenvalue weighted by atomic mass is 16.5. The summed E-state index contributed by atoms with van der Waals surface area (Å²) < 4.78 is 11.2. The van der Waals surface area contributed by atoms with Gasteiger partial charge in [0.05, 0.1) is 13.2 Å². The molecule has 0 saturated carbocycles. The third-order valence-electron chi connectivity index (χ3n) is 4.39. The Hall–Kier alpha value is -2.53. The number of anilines is 2. The first-order chi connectivity index (χ1) is 12.5. The van der Waals surface area contributed by atoms with E-state index in [9.17, 15) is 4.79 Å². The molecule has 1 heterocycles. The van der Waals surface area contributed by atoms with Gasteiger partial charge < -0.3 is 19.7 Å². The van der Waals surface area contributed by atoms with Gasteiger partial charge in [-0.3, -0.25) is 4.79 Å². The van der Waals surface area contributed by atoms with Crippen molar-refractivity contribution in [2.75, 3.05) is 36.5 Å². The summed E-state index contributed by atoms with van der Waals surface area (Å²) in [6, 6.07) is 13.8. The molecule has 0 aliphatic carbocycles. The standard InChI is InChI=1S/C21H26N2O3/c1-15-12-16(2)14-20(13-15)26-17(3)21(24)22-18-4-6-19(7-5-18)23-8-10-25-11-9-23/h4-7,12-14,17H,8-11H2,1-3H3,(H,22,24)/t17-/m1/s1. The first-order valence-corrected chi connectivity index (χ1v) is 9.00. The topological polar surface area (TPSA) is 50.8 Å². The molecular formula is C21H26N2O3. The smallest absolute Gasteiger partial charge is 0.265 e. The Morgan fingerprint density at radius 3 is 2.31 bits per heavy atom. The lowest BCUT2D eigenvalue weighted by Gasteiger charge is -2.29. The average Bonchev–Trinajstić information content (AvgIpc) is 2.62. The Balaban J connectivity index is 1.58. The van der Waals surface area contributed by atoms with E-state index in [1.54, 1.807) is 6.92 Å². The Kier molecular flexibility index (Phi) is 5.78. The van der Waals surface area contributed by atoms with Gasteiger partial charge in [-0.15, -0.1) is 0 Å². The minimum Gasteiger partial charge on any atom is -0.481 e. The van der Waals surface area contributed by atoms with Gasteiger partial charge >= 0.3 is 0 Å². The Morgan fingerprint density at radius 1 is 1.08 bits per heavy atom. The average molecular weight is 354 g/mol. The molecule has 138 valence electrons. The molecular weight excluding hydrogens is 328 g/mol. The lowest BCUT2D eigenvalue weighted by atomic mass is 10.1. The minimum atomic E-state index is -0.574. The summed E-state index contributed by atoms with van der Waals surface area (Å²) >= 11 is 0. The highest BCUT2D eigenvalue weighted by molar-refractivity contribution is 5.94. The SMILES string of the molecule is Cc1cc(C)cc(O[C@H](C)C(=O)Nc2ccc(N3CCOCC3)cc2)c1. The molecule has 1 aliphatic rings. The first kappa shape index (κ1) is 18.3. The van der Waals surface area contributed by atoms with E-state index in [0.717, 1.165) is 48.8 Å². The van der Waals surface area contributed by atoms with Crippen LogP contribution in [0.15, 0.2) is 42.5 Å². The van der Waals surface area contributed by atoms with Gasteiger partial charge in [-0.2, -0.15) is 0 Å². The molecule has 1 N–H and O–H groups in total. The number of rotatable bonds is 5. The van der Waals surface area contributed by atoms with E-state index >= 15 is 0 Å². The maximum Gasteiger partial charge on any atom is 0.265 e. The van der Waals surface area contributed by atoms with Gasteiger partial charge in [-0.25, -0.2) is 0 Å². The zero-order chi connectivity index (χ0) is 18.5. The molecule has 1 fully saturated rings. The fourth-order valence-corrected chi connectivity index (χ4v) is 3.08. The maximum absolute atomic E-state index is 12.4. The van der Waals surface area contributed by atoms with Crippen LogP contribution in [0.3, 0.4) is 0 Å². The van der Waals surface area contributed by atoms with E-state index in [2.05, 4.69) is 16.3 Å². The summed E-state index contributed by atoms with van der Waals surface area (Å²) in [7, 11) is 0. The maximum atomic E-state index is 12.4. The zero-order valence-corrected chi connectivity index (χ0v) is 15.6. The lowest BCUT2D eigenvalue weighted by molar-refractivity contribution is -0.122. The molecule has 1 amide bonds. The third-order valence-corrected chi connectivity index (χ3v) is 4.39. The van der Waals surface area contributed by atoms with Crippen LogP contribution < -0.4 is 15.0 Å². The Morgan fingerprint density at radius 2 is 1.69 bits per heavy atom. The second kappa shape index (κ2) is 8.23. The third kappa shape index (κ3) is 4.76. The predicted molar refractivity (Wildman–Crippen MR) is 104 cm³/mol. The van der Waals surface area contributed by atoms with Crippen molar-refractivity contribution < 1.29 is 14.3 Å². The second-order valence-corrected chi connectivity index (χ2v) is 6.72. The van der Waals surface area contributed by atoms with Crippen molar-refractivity contribution in [3.63, 3.8) is 0 Å². The van der Waals surface area contributed by atoms with Crippen LogP contribution in [-0.4, -0.2) is 38.3 Å². The van der Waals surface area contributed by atoms with Crippen LogP contribution in [0.4, 0.5) is 11.4 Å². The fourth-order valence-electron chi connectivity index (χ4n) is 3.08. The van der Waals surface area contributed by atoms with Gasteiger partial charge in [0.1, 0.15) is 5.75 Å². The van der Waals surface area contributed by atoms with E-state index in [0.29, 0.717) is 5.75 Å². The Labute approximate surface area is 154 Å². The molecule has 0 spiro atoms. The number of hydrogen-bond acceptors (Lipinski definition) is 4. The highest BCUT2D eigenvalue weighted by Gasteiger charge is 2.16. The van der Waals surface area contributed by atoms with Crippen LogP contribution in [-0.2, 0) is 9.53 Å². The van der Waals surface area contributed by atoms with Crippen molar-refractivity contribution in [3.05, 3.63) is 53.6 Å². The first-order valence-electron chi connectivity index (χ1n) is 9.00. The van der Waals surface area contributed by atoms with Gasteiger partial charge in [0.15, 0.2) is 6.10 Å². The van der Waals surface area contributed by atoms with Gasteiger partial charge in [-0.1, -0.05) is 6.07 Å². The van der Waals surface area contributed by atoms with E-state index in [4.69, 9.17) is 9.47 Å². The monoisotopic (exact) mass is 354 g/mol. The summed E-state index contributed by atoms with van der Waals surface area (Å²) in [5, 5.41) is 2.91. The lowest BCUT2D eigenvalue weighted by Crippen LogP contribution is -2.36. The molecule has 1 atom stereocenters. The van der Waals surface area contributed by atoms with Gasteiger partial charge in [0.2, 0.25) is 0 Å². The number of carbonyl (C=O) groups excluding carboxylic acids is 1. The van der Waals surface area contributed by atoms with E-state index in [-0.39, 0.29) is 5.91 Å². The van der Waals surface area contributed by atoms with E-state index in [1.165, 1.54) is 0 Å². The van der Waals surface area contributed by atoms with Crippen molar-refractivity contribution in [1.82, 2.24) is 0 Å². The number of amides is 1. The predicted octanol–water partition coefficient (Wildman–Crippen LogP) is 3.55. The summed E-state index contributed by atoms with van der Waals surface area (Å²) in [6.07, 6.45) is -0.574. The summed E-state index contributed by atoms with van der Waals surface area (Å²) in [6.45, 7) is 9.09.